The van der Waals surface area contributed by atoms with E-state index < -0.39 is 0 Å². The molecule has 0 unspecified atom stereocenters. The number of rotatable bonds is 3. The van der Waals surface area contributed by atoms with E-state index in [1.165, 1.54) is 11.8 Å². The van der Waals surface area contributed by atoms with E-state index in [2.05, 4.69) is 32.2 Å². The van der Waals surface area contributed by atoms with E-state index in [-0.39, 0.29) is 11.7 Å². The average Bonchev–Trinajstić information content (AvgIpc) is 2.72. The van der Waals surface area contributed by atoms with E-state index >= 15 is 0 Å². The van der Waals surface area contributed by atoms with Gasteiger partial charge in [-0.2, -0.15) is 5.26 Å². The van der Waals surface area contributed by atoms with Crippen molar-refractivity contribution in [2.45, 2.75) is 29.9 Å². The van der Waals surface area contributed by atoms with Crippen LogP contribution in [0.5, 0.6) is 0 Å². The highest BCUT2D eigenvalue weighted by molar-refractivity contribution is 9.10. The zero-order chi connectivity index (χ0) is 14.0. The molecule has 98 valence electrons. The van der Waals surface area contributed by atoms with Crippen LogP contribution in [0.3, 0.4) is 0 Å². The van der Waals surface area contributed by atoms with Crippen LogP contribution in [0.2, 0.25) is 0 Å². The second kappa shape index (κ2) is 5.63. The van der Waals surface area contributed by atoms with E-state index in [9.17, 15) is 4.79 Å². The number of nitrogens with zero attached hydrogens (tertiary/aromatic N) is 3. The van der Waals surface area contributed by atoms with Crippen molar-refractivity contribution in [3.05, 3.63) is 38.7 Å². The molecule has 0 amide bonds. The summed E-state index contributed by atoms with van der Waals surface area (Å²) in [5.41, 5.74) is 0.304. The molecule has 0 spiro atoms. The zero-order valence-electron chi connectivity index (χ0n) is 10.3. The molecule has 0 fully saturated rings. The summed E-state index contributed by atoms with van der Waals surface area (Å²) in [5, 5.41) is 16.1. The van der Waals surface area contributed by atoms with Crippen LogP contribution >= 0.6 is 27.7 Å². The minimum absolute atomic E-state index is 0.00901. The standard InChI is InChI=1S/C12H11BrN4OS/c1-7(2)17-11(18)15-16-12(17)19-10-4-3-9(13)5-8(10)6-14/h3-5,7H,1-2H3,(H,15,18). The summed E-state index contributed by atoms with van der Waals surface area (Å²) in [5.74, 6) is 0. The average molecular weight is 339 g/mol. The van der Waals surface area contributed by atoms with Crippen molar-refractivity contribution >= 4 is 27.7 Å². The number of hydrogen-bond donors (Lipinski definition) is 1. The smallest absolute Gasteiger partial charge is 0.267 e. The topological polar surface area (TPSA) is 74.5 Å². The first-order valence-corrected chi connectivity index (χ1v) is 7.18. The van der Waals surface area contributed by atoms with Crippen LogP contribution in [-0.2, 0) is 0 Å². The zero-order valence-corrected chi connectivity index (χ0v) is 12.7. The Kier molecular flexibility index (Phi) is 4.12. The fourth-order valence-corrected chi connectivity index (χ4v) is 2.99. The van der Waals surface area contributed by atoms with Crippen molar-refractivity contribution in [3.8, 4) is 6.07 Å². The largest absolute Gasteiger partial charge is 0.344 e. The first kappa shape index (κ1) is 13.9. The predicted molar refractivity (Wildman–Crippen MR) is 76.2 cm³/mol. The minimum Gasteiger partial charge on any atom is -0.267 e. The summed E-state index contributed by atoms with van der Waals surface area (Å²) in [7, 11) is 0. The van der Waals surface area contributed by atoms with Crippen molar-refractivity contribution in [2.24, 2.45) is 0 Å². The molecular formula is C12H11BrN4OS. The Morgan fingerprint density at radius 2 is 2.26 bits per heavy atom. The fourth-order valence-electron chi connectivity index (χ4n) is 1.59. The lowest BCUT2D eigenvalue weighted by Crippen LogP contribution is -2.19. The summed E-state index contributed by atoms with van der Waals surface area (Å²) in [6, 6.07) is 7.57. The summed E-state index contributed by atoms with van der Waals surface area (Å²) in [6.07, 6.45) is 0. The summed E-state index contributed by atoms with van der Waals surface area (Å²) >= 11 is 4.63. The van der Waals surface area contributed by atoms with Gasteiger partial charge < -0.3 is 0 Å². The Morgan fingerprint density at radius 1 is 1.53 bits per heavy atom. The molecule has 1 N–H and O–H groups in total. The Hall–Kier alpha value is -1.52. The molecule has 0 atom stereocenters. The minimum atomic E-state index is -0.242. The molecule has 0 saturated heterocycles. The molecule has 0 aliphatic heterocycles. The van der Waals surface area contributed by atoms with Gasteiger partial charge in [0.25, 0.3) is 0 Å². The SMILES string of the molecule is CC(C)n1c(Sc2ccc(Br)cc2C#N)n[nH]c1=O. The third-order valence-corrected chi connectivity index (χ3v) is 3.99. The molecule has 0 radical (unpaired) electrons. The number of aromatic nitrogens is 3. The van der Waals surface area contributed by atoms with Crippen LogP contribution < -0.4 is 5.69 Å². The van der Waals surface area contributed by atoms with Crippen LogP contribution in [0.25, 0.3) is 0 Å². The lowest BCUT2D eigenvalue weighted by molar-refractivity contribution is 0.534. The van der Waals surface area contributed by atoms with Crippen molar-refractivity contribution in [3.63, 3.8) is 0 Å². The van der Waals surface area contributed by atoms with Gasteiger partial charge in [-0.3, -0.25) is 4.57 Å². The number of benzene rings is 1. The Balaban J connectivity index is 2.43. The summed E-state index contributed by atoms with van der Waals surface area (Å²) < 4.78 is 2.41. The van der Waals surface area contributed by atoms with Gasteiger partial charge in [-0.15, -0.1) is 5.10 Å². The van der Waals surface area contributed by atoms with Crippen LogP contribution in [0.1, 0.15) is 25.5 Å². The molecule has 1 aromatic carbocycles. The molecule has 2 rings (SSSR count). The molecule has 0 saturated carbocycles. The molecule has 1 aromatic heterocycles. The highest BCUT2D eigenvalue weighted by Gasteiger charge is 2.14. The number of nitrogens with one attached hydrogen (secondary N) is 1. The maximum Gasteiger partial charge on any atom is 0.344 e. The first-order chi connectivity index (χ1) is 9.02. The second-order valence-corrected chi connectivity index (χ2v) is 6.05. The van der Waals surface area contributed by atoms with E-state index in [0.29, 0.717) is 10.7 Å². The van der Waals surface area contributed by atoms with E-state index in [1.807, 2.05) is 26.0 Å². The molecule has 1 heterocycles. The first-order valence-electron chi connectivity index (χ1n) is 5.57. The Labute approximate surface area is 122 Å². The van der Waals surface area contributed by atoms with Gasteiger partial charge in [0.2, 0.25) is 0 Å². The fraction of sp³-hybridized carbons (Fsp3) is 0.250. The number of nitriles is 1. The monoisotopic (exact) mass is 338 g/mol. The van der Waals surface area contributed by atoms with Crippen LogP contribution in [0, 0.1) is 11.3 Å². The number of halogens is 1. The van der Waals surface area contributed by atoms with Crippen LogP contribution in [0.4, 0.5) is 0 Å². The van der Waals surface area contributed by atoms with E-state index in [0.717, 1.165) is 9.37 Å². The molecular weight excluding hydrogens is 328 g/mol. The van der Waals surface area contributed by atoms with Gasteiger partial charge in [-0.1, -0.05) is 15.9 Å². The maximum absolute atomic E-state index is 11.6. The normalized spacial score (nSPS) is 10.7. The molecule has 19 heavy (non-hydrogen) atoms. The number of aromatic amines is 1. The van der Waals surface area contributed by atoms with E-state index in [1.54, 1.807) is 10.6 Å². The number of H-pyrrole nitrogens is 1. The van der Waals surface area contributed by atoms with Crippen molar-refractivity contribution in [1.29, 1.82) is 5.26 Å². The molecule has 2 aromatic rings. The van der Waals surface area contributed by atoms with Gasteiger partial charge in [-0.25, -0.2) is 9.89 Å². The van der Waals surface area contributed by atoms with Crippen molar-refractivity contribution in [2.75, 3.05) is 0 Å². The number of hydrogen-bond acceptors (Lipinski definition) is 4. The quantitative estimate of drug-likeness (QED) is 0.933. The highest BCUT2D eigenvalue weighted by atomic mass is 79.9. The van der Waals surface area contributed by atoms with Gasteiger partial charge in [0.05, 0.1) is 5.56 Å². The van der Waals surface area contributed by atoms with Crippen molar-refractivity contribution in [1.82, 2.24) is 14.8 Å². The van der Waals surface area contributed by atoms with Crippen LogP contribution in [-0.4, -0.2) is 14.8 Å². The second-order valence-electron chi connectivity index (χ2n) is 4.13. The Morgan fingerprint density at radius 3 is 2.89 bits per heavy atom. The Bertz CT molecular complexity index is 698. The highest BCUT2D eigenvalue weighted by Crippen LogP contribution is 2.30. The predicted octanol–water partition coefficient (Wildman–Crippen LogP) is 2.94. The van der Waals surface area contributed by atoms with E-state index in [4.69, 9.17) is 5.26 Å². The maximum atomic E-state index is 11.6. The van der Waals surface area contributed by atoms with Crippen LogP contribution in [0.15, 0.2) is 37.5 Å². The van der Waals surface area contributed by atoms with Gasteiger partial charge >= 0.3 is 5.69 Å². The molecule has 7 heteroatoms. The third kappa shape index (κ3) is 2.91. The molecule has 5 nitrogen and oxygen atoms in total. The van der Waals surface area contributed by atoms with Gasteiger partial charge in [-0.05, 0) is 43.8 Å². The van der Waals surface area contributed by atoms with Gasteiger partial charge in [0.1, 0.15) is 6.07 Å². The van der Waals surface area contributed by atoms with Crippen molar-refractivity contribution < 1.29 is 0 Å². The third-order valence-electron chi connectivity index (χ3n) is 2.45. The van der Waals surface area contributed by atoms with Gasteiger partial charge in [0, 0.05) is 15.4 Å². The lowest BCUT2D eigenvalue weighted by Gasteiger charge is -2.09. The van der Waals surface area contributed by atoms with Gasteiger partial charge in [0.15, 0.2) is 5.16 Å². The molecule has 0 aliphatic carbocycles. The molecule has 0 aliphatic rings. The molecule has 0 bridgehead atoms. The lowest BCUT2D eigenvalue weighted by atomic mass is 10.2. The summed E-state index contributed by atoms with van der Waals surface area (Å²) in [4.78, 5) is 12.4. The summed E-state index contributed by atoms with van der Waals surface area (Å²) in [6.45, 7) is 3.82.